The quantitative estimate of drug-likeness (QED) is 0.745. The molecule has 2 aliphatic rings. The Morgan fingerprint density at radius 3 is 3.40 bits per heavy atom. The molecule has 0 aliphatic carbocycles. The van der Waals surface area contributed by atoms with Crippen molar-refractivity contribution in [1.29, 1.82) is 0 Å². The van der Waals surface area contributed by atoms with E-state index < -0.39 is 19.1 Å². The van der Waals surface area contributed by atoms with E-state index in [2.05, 4.69) is 10.3 Å². The number of fused-ring (bicyclic) bond motifs is 1. The Morgan fingerprint density at radius 2 is 2.53 bits per heavy atom. The van der Waals surface area contributed by atoms with Crippen LogP contribution in [0.2, 0.25) is 0 Å². The first-order chi connectivity index (χ1) is 9.28. The highest BCUT2D eigenvalue weighted by Crippen LogP contribution is 2.31. The second-order valence-electron chi connectivity index (χ2n) is 3.15. The topological polar surface area (TPSA) is 42.8 Å². The van der Waals surface area contributed by atoms with E-state index in [1.165, 1.54) is 6.07 Å². The van der Waals surface area contributed by atoms with Crippen LogP contribution in [0.25, 0.3) is 0 Å². The molecule has 15 heavy (non-hydrogen) atoms. The molecule has 78 valence electrons. The van der Waals surface area contributed by atoms with Crippen molar-refractivity contribution in [2.75, 3.05) is 19.6 Å². The molecule has 4 heteroatoms. The molecule has 2 heterocycles. The van der Waals surface area contributed by atoms with Crippen LogP contribution in [0.5, 0.6) is 11.5 Å². The lowest BCUT2D eigenvalue weighted by molar-refractivity contribution is 0.133. The monoisotopic (exact) mass is 209 g/mol. The van der Waals surface area contributed by atoms with Crippen molar-refractivity contribution in [2.24, 2.45) is 4.99 Å². The summed E-state index contributed by atoms with van der Waals surface area (Å²) < 4.78 is 48.8. The molecule has 1 aromatic carbocycles. The van der Waals surface area contributed by atoms with Gasteiger partial charge < -0.3 is 14.8 Å². The number of aliphatic imine (C=N–C) groups is 1. The normalized spacial score (nSPS) is 34.8. The Bertz CT molecular complexity index is 590. The van der Waals surface area contributed by atoms with Crippen molar-refractivity contribution in [1.82, 2.24) is 5.32 Å². The van der Waals surface area contributed by atoms with Gasteiger partial charge in [0.15, 0.2) is 17.6 Å². The smallest absolute Gasteiger partial charge is 0.189 e. The Hall–Kier alpha value is -1.71. The molecule has 0 saturated carbocycles. The number of para-hydroxylation sites is 2. The van der Waals surface area contributed by atoms with Crippen LogP contribution in [-0.2, 0) is 0 Å². The number of benzene rings is 1. The second-order valence-corrected chi connectivity index (χ2v) is 3.15. The highest BCUT2D eigenvalue weighted by Gasteiger charge is 2.26. The minimum absolute atomic E-state index is 0.0704. The van der Waals surface area contributed by atoms with E-state index >= 15 is 0 Å². The Morgan fingerprint density at radius 1 is 1.53 bits per heavy atom. The Labute approximate surface area is 94.9 Å². The first-order valence-electron chi connectivity index (χ1n) is 7.06. The molecular formula is C11H12N2O2. The summed E-state index contributed by atoms with van der Waals surface area (Å²) in [4.78, 5) is 3.70. The lowest BCUT2D eigenvalue weighted by atomic mass is 10.2. The summed E-state index contributed by atoms with van der Waals surface area (Å²) in [5.41, 5.74) is 0. The standard InChI is InChI=1S/C11H12N2O2/c1-2-4-9-8(3-1)14-7-10(15-9)11-12-5-6-13-11/h1-4,10H,5-7H2,(H,12,13)/i2D,5D2,6D2. The Balaban J connectivity index is 1.85. The second kappa shape index (κ2) is 3.46. The van der Waals surface area contributed by atoms with Gasteiger partial charge >= 0.3 is 0 Å². The van der Waals surface area contributed by atoms with E-state index in [1.54, 1.807) is 12.1 Å². The number of ether oxygens (including phenoxy) is 2. The zero-order valence-corrected chi connectivity index (χ0v) is 7.78. The van der Waals surface area contributed by atoms with Gasteiger partial charge in [0.05, 0.1) is 13.4 Å². The summed E-state index contributed by atoms with van der Waals surface area (Å²) in [6.07, 6.45) is -0.725. The molecule has 2 aliphatic heterocycles. The lowest BCUT2D eigenvalue weighted by Gasteiger charge is -2.26. The van der Waals surface area contributed by atoms with E-state index in [0.717, 1.165) is 0 Å². The first-order valence-corrected chi connectivity index (χ1v) is 4.56. The minimum atomic E-state index is -2.36. The third-order valence-electron chi connectivity index (χ3n) is 2.18. The van der Waals surface area contributed by atoms with Gasteiger partial charge in [0, 0.05) is 6.50 Å². The number of hydrogen-bond donors (Lipinski definition) is 1. The van der Waals surface area contributed by atoms with Gasteiger partial charge in [-0.05, 0) is 12.1 Å². The molecule has 0 bridgehead atoms. The maximum atomic E-state index is 7.56. The molecule has 1 aromatic rings. The van der Waals surface area contributed by atoms with Gasteiger partial charge in [0.1, 0.15) is 12.4 Å². The average molecular weight is 209 g/mol. The van der Waals surface area contributed by atoms with Crippen molar-refractivity contribution < 1.29 is 16.3 Å². The molecule has 0 saturated heterocycles. The van der Waals surface area contributed by atoms with E-state index in [4.69, 9.17) is 16.3 Å². The van der Waals surface area contributed by atoms with Gasteiger partial charge in [-0.15, -0.1) is 0 Å². The van der Waals surface area contributed by atoms with E-state index in [-0.39, 0.29) is 18.5 Å². The van der Waals surface area contributed by atoms with Gasteiger partial charge in [-0.3, -0.25) is 4.99 Å². The molecule has 0 radical (unpaired) electrons. The SMILES string of the molecule is [2H]c1ccc2c(c1)OC(C1=NC([2H])([2H])C([2H])([2H])N1)CO2. The molecule has 4 nitrogen and oxygen atoms in total. The third-order valence-corrected chi connectivity index (χ3v) is 2.18. The molecule has 1 atom stereocenters. The number of nitrogens with zero attached hydrogens (tertiary/aromatic N) is 1. The molecule has 0 aromatic heterocycles. The zero-order valence-electron chi connectivity index (χ0n) is 12.8. The predicted octanol–water partition coefficient (Wildman–Crippen LogP) is 0.828. The molecule has 0 fully saturated rings. The van der Waals surface area contributed by atoms with Gasteiger partial charge in [-0.2, -0.15) is 0 Å². The van der Waals surface area contributed by atoms with Gasteiger partial charge in [-0.1, -0.05) is 12.1 Å². The van der Waals surface area contributed by atoms with Gasteiger partial charge in [-0.25, -0.2) is 0 Å². The summed E-state index contributed by atoms with van der Waals surface area (Å²) >= 11 is 0. The third kappa shape index (κ3) is 1.52. The fourth-order valence-electron chi connectivity index (χ4n) is 1.46. The van der Waals surface area contributed by atoms with Crippen molar-refractivity contribution in [3.05, 3.63) is 24.2 Å². The summed E-state index contributed by atoms with van der Waals surface area (Å²) in [6.45, 7) is -4.55. The maximum absolute atomic E-state index is 7.56. The van der Waals surface area contributed by atoms with Crippen molar-refractivity contribution >= 4 is 5.84 Å². The number of hydrogen-bond acceptors (Lipinski definition) is 4. The first kappa shape index (κ1) is 4.88. The molecule has 1 unspecified atom stereocenters. The van der Waals surface area contributed by atoms with Gasteiger partial charge in [0.2, 0.25) is 0 Å². The molecule has 3 rings (SSSR count). The van der Waals surface area contributed by atoms with Crippen LogP contribution in [0.15, 0.2) is 29.2 Å². The molecule has 0 spiro atoms. The average Bonchev–Trinajstić information content (AvgIpc) is 2.57. The van der Waals surface area contributed by atoms with Crippen molar-refractivity contribution in [3.63, 3.8) is 0 Å². The van der Waals surface area contributed by atoms with Crippen LogP contribution < -0.4 is 14.8 Å². The highest BCUT2D eigenvalue weighted by molar-refractivity contribution is 5.88. The zero-order chi connectivity index (χ0) is 14.5. The van der Waals surface area contributed by atoms with Gasteiger partial charge in [0.25, 0.3) is 0 Å². The fraction of sp³-hybridized carbons (Fsp3) is 0.364. The lowest BCUT2D eigenvalue weighted by Crippen LogP contribution is -2.42. The minimum Gasteiger partial charge on any atom is -0.485 e. The molecular weight excluding hydrogens is 192 g/mol. The van der Waals surface area contributed by atoms with E-state index in [9.17, 15) is 0 Å². The number of rotatable bonds is 1. The fourth-order valence-corrected chi connectivity index (χ4v) is 1.46. The van der Waals surface area contributed by atoms with Crippen LogP contribution >= 0.6 is 0 Å². The summed E-state index contributed by atoms with van der Waals surface area (Å²) in [5.74, 6) is 0.939. The van der Waals surface area contributed by atoms with E-state index in [0.29, 0.717) is 11.5 Å². The number of amidine groups is 1. The Kier molecular flexibility index (Phi) is 1.12. The van der Waals surface area contributed by atoms with Crippen molar-refractivity contribution in [2.45, 2.75) is 6.10 Å². The molecule has 1 N–H and O–H groups in total. The summed E-state index contributed by atoms with van der Waals surface area (Å²) in [6, 6.07) is 4.95. The van der Waals surface area contributed by atoms with Crippen LogP contribution in [-0.4, -0.2) is 31.5 Å². The maximum Gasteiger partial charge on any atom is 0.189 e. The molecule has 0 amide bonds. The number of nitrogens with one attached hydrogen (secondary N) is 1. The van der Waals surface area contributed by atoms with Crippen molar-refractivity contribution in [3.8, 4) is 11.5 Å². The van der Waals surface area contributed by atoms with Crippen LogP contribution in [0.3, 0.4) is 0 Å². The van der Waals surface area contributed by atoms with E-state index in [1.807, 2.05) is 0 Å². The predicted molar refractivity (Wildman–Crippen MR) is 56.7 cm³/mol. The van der Waals surface area contributed by atoms with Crippen LogP contribution in [0.1, 0.15) is 6.85 Å². The van der Waals surface area contributed by atoms with Crippen LogP contribution in [0.4, 0.5) is 0 Å². The highest BCUT2D eigenvalue weighted by atomic mass is 16.6. The largest absolute Gasteiger partial charge is 0.485 e. The van der Waals surface area contributed by atoms with Crippen LogP contribution in [0, 0.1) is 0 Å². The summed E-state index contributed by atoms with van der Waals surface area (Å²) in [7, 11) is 0. The summed E-state index contributed by atoms with van der Waals surface area (Å²) in [5, 5.41) is 2.39.